The van der Waals surface area contributed by atoms with Crippen LogP contribution in [0.1, 0.15) is 13.8 Å². The number of rotatable bonds is 5. The maximum absolute atomic E-state index is 5.70. The van der Waals surface area contributed by atoms with E-state index in [2.05, 4.69) is 24.3 Å². The minimum Gasteiger partial charge on any atom is -0.497 e. The van der Waals surface area contributed by atoms with Crippen molar-refractivity contribution in [2.75, 3.05) is 19.5 Å². The highest BCUT2D eigenvalue weighted by Gasteiger charge is 2.30. The average Bonchev–Trinajstić information content (AvgIpc) is 2.75. The summed E-state index contributed by atoms with van der Waals surface area (Å²) >= 11 is 1.78. The van der Waals surface area contributed by atoms with Crippen LogP contribution in [0.15, 0.2) is 41.3 Å². The molecule has 2 rings (SSSR count). The summed E-state index contributed by atoms with van der Waals surface area (Å²) in [6.07, 6.45) is 4.28. The molecular weight excluding hydrogens is 260 g/mol. The maximum atomic E-state index is 5.70. The Morgan fingerprint density at radius 3 is 2.68 bits per heavy atom. The molecule has 1 heterocycles. The molecule has 1 aromatic carbocycles. The number of hydrogen-bond acceptors (Lipinski definition) is 4. The van der Waals surface area contributed by atoms with Crippen LogP contribution in [0.3, 0.4) is 0 Å². The predicted octanol–water partition coefficient (Wildman–Crippen LogP) is 3.50. The van der Waals surface area contributed by atoms with Crippen LogP contribution >= 0.6 is 11.8 Å². The van der Waals surface area contributed by atoms with Crippen molar-refractivity contribution in [1.29, 1.82) is 0 Å². The second-order valence-corrected chi connectivity index (χ2v) is 5.88. The van der Waals surface area contributed by atoms with Gasteiger partial charge in [0.15, 0.2) is 5.79 Å². The van der Waals surface area contributed by atoms with Gasteiger partial charge in [-0.05, 0) is 38.1 Å². The van der Waals surface area contributed by atoms with Gasteiger partial charge in [0.25, 0.3) is 0 Å². The molecule has 0 amide bonds. The predicted molar refractivity (Wildman–Crippen MR) is 77.8 cm³/mol. The second kappa shape index (κ2) is 6.46. The molecule has 4 heteroatoms. The van der Waals surface area contributed by atoms with Gasteiger partial charge in [-0.15, -0.1) is 11.8 Å². The van der Waals surface area contributed by atoms with Crippen molar-refractivity contribution in [3.05, 3.63) is 36.4 Å². The number of ether oxygens (including phenoxy) is 3. The zero-order chi connectivity index (χ0) is 13.7. The lowest BCUT2D eigenvalue weighted by atomic mass is 10.3. The maximum Gasteiger partial charge on any atom is 0.163 e. The standard InChI is InChI=1S/C15H20O3S/c1-15(2)17-11-13(18-15)5-4-10-19-14-8-6-12(16-3)7-9-14/h4-9,13H,10-11H2,1-3H3/b5-4+. The Labute approximate surface area is 118 Å². The summed E-state index contributed by atoms with van der Waals surface area (Å²) in [4.78, 5) is 1.23. The van der Waals surface area contributed by atoms with Crippen molar-refractivity contribution in [1.82, 2.24) is 0 Å². The van der Waals surface area contributed by atoms with Crippen LogP contribution in [-0.2, 0) is 9.47 Å². The number of benzene rings is 1. The molecule has 0 bridgehead atoms. The van der Waals surface area contributed by atoms with E-state index in [4.69, 9.17) is 14.2 Å². The van der Waals surface area contributed by atoms with Gasteiger partial charge in [0, 0.05) is 10.6 Å². The quantitative estimate of drug-likeness (QED) is 0.609. The molecule has 1 aliphatic rings. The first-order valence-corrected chi connectivity index (χ1v) is 7.33. The molecule has 104 valence electrons. The van der Waals surface area contributed by atoms with Gasteiger partial charge in [-0.3, -0.25) is 0 Å². The second-order valence-electron chi connectivity index (χ2n) is 4.78. The van der Waals surface area contributed by atoms with Gasteiger partial charge >= 0.3 is 0 Å². The summed E-state index contributed by atoms with van der Waals surface area (Å²) in [5.41, 5.74) is 0. The molecule has 0 saturated carbocycles. The van der Waals surface area contributed by atoms with E-state index >= 15 is 0 Å². The van der Waals surface area contributed by atoms with E-state index in [1.807, 2.05) is 26.0 Å². The van der Waals surface area contributed by atoms with E-state index in [0.29, 0.717) is 6.61 Å². The Morgan fingerprint density at radius 2 is 2.11 bits per heavy atom. The van der Waals surface area contributed by atoms with Gasteiger partial charge in [0.05, 0.1) is 13.7 Å². The van der Waals surface area contributed by atoms with Crippen molar-refractivity contribution in [2.24, 2.45) is 0 Å². The Bertz CT molecular complexity index is 426. The molecule has 1 fully saturated rings. The van der Waals surface area contributed by atoms with Crippen LogP contribution in [0.4, 0.5) is 0 Å². The largest absolute Gasteiger partial charge is 0.497 e. The van der Waals surface area contributed by atoms with E-state index in [1.165, 1.54) is 4.90 Å². The highest BCUT2D eigenvalue weighted by molar-refractivity contribution is 7.99. The summed E-state index contributed by atoms with van der Waals surface area (Å²) in [6.45, 7) is 4.51. The first kappa shape index (κ1) is 14.4. The monoisotopic (exact) mass is 280 g/mol. The smallest absolute Gasteiger partial charge is 0.163 e. The van der Waals surface area contributed by atoms with Gasteiger partial charge in [0.1, 0.15) is 11.9 Å². The summed E-state index contributed by atoms with van der Waals surface area (Å²) in [5.74, 6) is 1.36. The van der Waals surface area contributed by atoms with Crippen molar-refractivity contribution in [3.63, 3.8) is 0 Å². The molecule has 0 spiro atoms. The molecule has 3 nitrogen and oxygen atoms in total. The third kappa shape index (κ3) is 4.56. The van der Waals surface area contributed by atoms with Crippen molar-refractivity contribution in [3.8, 4) is 5.75 Å². The Kier molecular flexibility index (Phi) is 4.91. The lowest BCUT2D eigenvalue weighted by Crippen LogP contribution is -2.20. The van der Waals surface area contributed by atoms with Gasteiger partial charge < -0.3 is 14.2 Å². The van der Waals surface area contributed by atoms with Crippen LogP contribution in [0.25, 0.3) is 0 Å². The summed E-state index contributed by atoms with van der Waals surface area (Å²) in [7, 11) is 1.68. The van der Waals surface area contributed by atoms with Crippen LogP contribution in [0.5, 0.6) is 5.75 Å². The molecular formula is C15H20O3S. The molecule has 1 unspecified atom stereocenters. The van der Waals surface area contributed by atoms with E-state index in [0.717, 1.165) is 11.5 Å². The minimum absolute atomic E-state index is 0.0754. The van der Waals surface area contributed by atoms with E-state index in [9.17, 15) is 0 Å². The molecule has 1 atom stereocenters. The highest BCUT2D eigenvalue weighted by Crippen LogP contribution is 2.24. The SMILES string of the molecule is COc1ccc(SC/C=C/C2COC(C)(C)O2)cc1. The molecule has 0 N–H and O–H groups in total. The lowest BCUT2D eigenvalue weighted by molar-refractivity contribution is -0.133. The Morgan fingerprint density at radius 1 is 1.37 bits per heavy atom. The summed E-state index contributed by atoms with van der Waals surface area (Å²) < 4.78 is 16.3. The topological polar surface area (TPSA) is 27.7 Å². The third-order valence-electron chi connectivity index (χ3n) is 2.79. The van der Waals surface area contributed by atoms with Crippen LogP contribution < -0.4 is 4.74 Å². The zero-order valence-corrected chi connectivity index (χ0v) is 12.4. The molecule has 1 aromatic rings. The normalized spacial score (nSPS) is 21.9. The van der Waals surface area contributed by atoms with Crippen LogP contribution in [0, 0.1) is 0 Å². The number of hydrogen-bond donors (Lipinski definition) is 0. The van der Waals surface area contributed by atoms with Gasteiger partial charge in [-0.1, -0.05) is 12.2 Å². The highest BCUT2D eigenvalue weighted by atomic mass is 32.2. The first-order chi connectivity index (χ1) is 9.09. The van der Waals surface area contributed by atoms with E-state index < -0.39 is 5.79 Å². The van der Waals surface area contributed by atoms with Gasteiger partial charge in [-0.25, -0.2) is 0 Å². The molecule has 0 aromatic heterocycles. The number of thioether (sulfide) groups is 1. The van der Waals surface area contributed by atoms with Crippen LogP contribution in [-0.4, -0.2) is 31.4 Å². The Balaban J connectivity index is 1.74. The molecule has 19 heavy (non-hydrogen) atoms. The van der Waals surface area contributed by atoms with Crippen LogP contribution in [0.2, 0.25) is 0 Å². The minimum atomic E-state index is -0.446. The van der Waals surface area contributed by atoms with Gasteiger partial charge in [-0.2, -0.15) is 0 Å². The van der Waals surface area contributed by atoms with E-state index in [-0.39, 0.29) is 6.10 Å². The summed E-state index contributed by atoms with van der Waals surface area (Å²) in [5, 5.41) is 0. The van der Waals surface area contributed by atoms with Crippen molar-refractivity contribution >= 4 is 11.8 Å². The fourth-order valence-electron chi connectivity index (χ4n) is 1.83. The molecule has 0 aliphatic carbocycles. The molecule has 1 aliphatic heterocycles. The fraction of sp³-hybridized carbons (Fsp3) is 0.467. The average molecular weight is 280 g/mol. The third-order valence-corrected chi connectivity index (χ3v) is 3.75. The fourth-order valence-corrected chi connectivity index (χ4v) is 2.56. The molecule has 1 saturated heterocycles. The molecule has 0 radical (unpaired) electrons. The van der Waals surface area contributed by atoms with Crippen molar-refractivity contribution < 1.29 is 14.2 Å². The Hall–Kier alpha value is -0.970. The number of methoxy groups -OCH3 is 1. The van der Waals surface area contributed by atoms with Gasteiger partial charge in [0.2, 0.25) is 0 Å². The first-order valence-electron chi connectivity index (χ1n) is 6.34. The van der Waals surface area contributed by atoms with E-state index in [1.54, 1.807) is 18.9 Å². The zero-order valence-electron chi connectivity index (χ0n) is 11.6. The van der Waals surface area contributed by atoms with Crippen molar-refractivity contribution in [2.45, 2.75) is 30.6 Å². The summed E-state index contributed by atoms with van der Waals surface area (Å²) in [6, 6.07) is 8.08. The lowest BCUT2D eigenvalue weighted by Gasteiger charge is -2.15.